The average Bonchev–Trinajstić information content (AvgIpc) is 3.10. The standard InChI is InChI=1S/C15H19ClO3S/c1-9(2)12-6-7-13(15(16)17)10(3)14(12)20(18,19)8-11-4-5-11/h6-7,9,11H,4-5,8H2,1-3H3. The number of benzene rings is 1. The van der Waals surface area contributed by atoms with Crippen molar-refractivity contribution >= 4 is 26.7 Å². The van der Waals surface area contributed by atoms with Crippen LogP contribution in [-0.2, 0) is 9.84 Å². The third kappa shape index (κ3) is 3.07. The molecule has 20 heavy (non-hydrogen) atoms. The second kappa shape index (κ2) is 5.49. The molecule has 1 fully saturated rings. The highest BCUT2D eigenvalue weighted by Crippen LogP contribution is 2.36. The van der Waals surface area contributed by atoms with Gasteiger partial charge in [0, 0.05) is 5.56 Å². The first-order valence-corrected chi connectivity index (χ1v) is 8.83. The SMILES string of the molecule is Cc1c(C(=O)Cl)ccc(C(C)C)c1S(=O)(=O)CC1CC1. The minimum atomic E-state index is -3.37. The van der Waals surface area contributed by atoms with Crippen molar-refractivity contribution in [3.05, 3.63) is 28.8 Å². The lowest BCUT2D eigenvalue weighted by atomic mass is 9.98. The van der Waals surface area contributed by atoms with Crippen molar-refractivity contribution in [1.82, 2.24) is 0 Å². The van der Waals surface area contributed by atoms with Gasteiger partial charge in [-0.15, -0.1) is 0 Å². The van der Waals surface area contributed by atoms with Crippen LogP contribution in [0.4, 0.5) is 0 Å². The molecule has 0 radical (unpaired) electrons. The van der Waals surface area contributed by atoms with Crippen molar-refractivity contribution in [3.63, 3.8) is 0 Å². The van der Waals surface area contributed by atoms with Crippen molar-refractivity contribution in [2.75, 3.05) is 5.75 Å². The highest BCUT2D eigenvalue weighted by atomic mass is 35.5. The van der Waals surface area contributed by atoms with Crippen LogP contribution in [-0.4, -0.2) is 19.4 Å². The van der Waals surface area contributed by atoms with Crippen LogP contribution in [0.3, 0.4) is 0 Å². The number of sulfone groups is 1. The summed E-state index contributed by atoms with van der Waals surface area (Å²) in [6.45, 7) is 5.57. The first kappa shape index (κ1) is 15.5. The molecule has 0 amide bonds. The van der Waals surface area contributed by atoms with Gasteiger partial charge < -0.3 is 0 Å². The highest BCUT2D eigenvalue weighted by molar-refractivity contribution is 7.91. The van der Waals surface area contributed by atoms with Gasteiger partial charge >= 0.3 is 0 Å². The molecule has 0 heterocycles. The lowest BCUT2D eigenvalue weighted by Crippen LogP contribution is -2.15. The molecule has 0 bridgehead atoms. The monoisotopic (exact) mass is 314 g/mol. The minimum absolute atomic E-state index is 0.0807. The zero-order valence-electron chi connectivity index (χ0n) is 11.9. The third-order valence-corrected chi connectivity index (χ3v) is 6.01. The van der Waals surface area contributed by atoms with Gasteiger partial charge in [-0.3, -0.25) is 4.79 Å². The van der Waals surface area contributed by atoms with E-state index in [0.29, 0.717) is 10.5 Å². The summed E-state index contributed by atoms with van der Waals surface area (Å²) in [6.07, 6.45) is 1.95. The van der Waals surface area contributed by atoms with Crippen LogP contribution < -0.4 is 0 Å². The maximum atomic E-state index is 12.6. The van der Waals surface area contributed by atoms with Crippen molar-refractivity contribution in [1.29, 1.82) is 0 Å². The van der Waals surface area contributed by atoms with E-state index >= 15 is 0 Å². The molecule has 110 valence electrons. The first-order valence-electron chi connectivity index (χ1n) is 6.80. The van der Waals surface area contributed by atoms with E-state index in [-0.39, 0.29) is 23.2 Å². The number of rotatable bonds is 5. The van der Waals surface area contributed by atoms with Crippen LogP contribution in [0.25, 0.3) is 0 Å². The highest BCUT2D eigenvalue weighted by Gasteiger charge is 2.32. The van der Waals surface area contributed by atoms with Crippen LogP contribution in [0.5, 0.6) is 0 Å². The zero-order chi connectivity index (χ0) is 15.1. The summed E-state index contributed by atoms with van der Waals surface area (Å²) in [5, 5.41) is -0.610. The normalized spacial score (nSPS) is 15.7. The van der Waals surface area contributed by atoms with Crippen LogP contribution in [0, 0.1) is 12.8 Å². The van der Waals surface area contributed by atoms with E-state index in [4.69, 9.17) is 11.6 Å². The topological polar surface area (TPSA) is 51.2 Å². The number of hydrogen-bond acceptors (Lipinski definition) is 3. The second-order valence-electron chi connectivity index (χ2n) is 5.81. The molecule has 0 aliphatic heterocycles. The molecule has 2 rings (SSSR count). The molecule has 1 aliphatic carbocycles. The minimum Gasteiger partial charge on any atom is -0.276 e. The fourth-order valence-corrected chi connectivity index (χ4v) is 5.04. The van der Waals surface area contributed by atoms with Gasteiger partial charge in [0.1, 0.15) is 0 Å². The first-order chi connectivity index (χ1) is 9.24. The summed E-state index contributed by atoms with van der Waals surface area (Å²) in [6, 6.07) is 3.34. The van der Waals surface area contributed by atoms with E-state index < -0.39 is 15.1 Å². The van der Waals surface area contributed by atoms with E-state index in [1.807, 2.05) is 13.8 Å². The second-order valence-corrected chi connectivity index (χ2v) is 8.12. The molecule has 1 aromatic rings. The van der Waals surface area contributed by atoms with Gasteiger partial charge in [-0.05, 0) is 60.4 Å². The molecular weight excluding hydrogens is 296 g/mol. The summed E-state index contributed by atoms with van der Waals surface area (Å²) in [5.41, 5.74) is 1.53. The van der Waals surface area contributed by atoms with Crippen LogP contribution in [0.15, 0.2) is 17.0 Å². The number of carbonyl (C=O) groups is 1. The van der Waals surface area contributed by atoms with Gasteiger partial charge in [-0.2, -0.15) is 0 Å². The Morgan fingerprint density at radius 3 is 2.40 bits per heavy atom. The molecule has 5 heteroatoms. The average molecular weight is 315 g/mol. The zero-order valence-corrected chi connectivity index (χ0v) is 13.5. The summed E-state index contributed by atoms with van der Waals surface area (Å²) in [4.78, 5) is 11.7. The van der Waals surface area contributed by atoms with Gasteiger partial charge in [0.25, 0.3) is 5.24 Å². The maximum Gasteiger partial charge on any atom is 0.252 e. The summed E-state index contributed by atoms with van der Waals surface area (Å²) < 4.78 is 25.3. The molecule has 0 N–H and O–H groups in total. The van der Waals surface area contributed by atoms with Gasteiger partial charge in [-0.1, -0.05) is 19.9 Å². The Balaban J connectivity index is 2.63. The lowest BCUT2D eigenvalue weighted by Gasteiger charge is -2.17. The van der Waals surface area contributed by atoms with Gasteiger partial charge in [-0.25, -0.2) is 8.42 Å². The lowest BCUT2D eigenvalue weighted by molar-refractivity contribution is 0.108. The maximum absolute atomic E-state index is 12.6. The molecule has 0 saturated heterocycles. The van der Waals surface area contributed by atoms with E-state index in [1.54, 1.807) is 19.1 Å². The Bertz CT molecular complexity index is 643. The van der Waals surface area contributed by atoms with Crippen LogP contribution >= 0.6 is 11.6 Å². The predicted molar refractivity (Wildman–Crippen MR) is 80.2 cm³/mol. The smallest absolute Gasteiger partial charge is 0.252 e. The largest absolute Gasteiger partial charge is 0.276 e. The fourth-order valence-electron chi connectivity index (χ4n) is 2.47. The quantitative estimate of drug-likeness (QED) is 0.779. The van der Waals surface area contributed by atoms with Crippen LogP contribution in [0.1, 0.15) is 54.1 Å². The molecule has 0 spiro atoms. The van der Waals surface area contributed by atoms with Crippen molar-refractivity contribution in [2.45, 2.75) is 44.4 Å². The Hall–Kier alpha value is -0.870. The summed E-state index contributed by atoms with van der Waals surface area (Å²) in [5.74, 6) is 0.528. The van der Waals surface area contributed by atoms with Gasteiger partial charge in [0.05, 0.1) is 10.6 Å². The molecular formula is C15H19ClO3S. The Kier molecular flexibility index (Phi) is 4.26. The fraction of sp³-hybridized carbons (Fsp3) is 0.533. The number of hydrogen-bond donors (Lipinski definition) is 0. The molecule has 1 saturated carbocycles. The van der Waals surface area contributed by atoms with Gasteiger partial charge in [0.15, 0.2) is 9.84 Å². The third-order valence-electron chi connectivity index (χ3n) is 3.73. The molecule has 3 nitrogen and oxygen atoms in total. The van der Waals surface area contributed by atoms with E-state index in [2.05, 4.69) is 0 Å². The van der Waals surface area contributed by atoms with Crippen molar-refractivity contribution < 1.29 is 13.2 Å². The molecule has 1 aliphatic rings. The number of halogens is 1. The van der Waals surface area contributed by atoms with E-state index in [9.17, 15) is 13.2 Å². The molecule has 1 aromatic carbocycles. The number of carbonyl (C=O) groups excluding carboxylic acids is 1. The summed E-state index contributed by atoms with van der Waals surface area (Å²) >= 11 is 5.55. The van der Waals surface area contributed by atoms with E-state index in [0.717, 1.165) is 18.4 Å². The molecule has 0 aromatic heterocycles. The van der Waals surface area contributed by atoms with Crippen molar-refractivity contribution in [2.24, 2.45) is 5.92 Å². The molecule has 0 unspecified atom stereocenters. The molecule has 0 atom stereocenters. The van der Waals surface area contributed by atoms with Crippen molar-refractivity contribution in [3.8, 4) is 0 Å². The Morgan fingerprint density at radius 2 is 1.95 bits per heavy atom. The predicted octanol–water partition coefficient (Wildman–Crippen LogP) is 3.68. The van der Waals surface area contributed by atoms with E-state index in [1.165, 1.54) is 0 Å². The Morgan fingerprint density at radius 1 is 1.35 bits per heavy atom. The summed E-state index contributed by atoms with van der Waals surface area (Å²) in [7, 11) is -3.37. The van der Waals surface area contributed by atoms with Gasteiger partial charge in [0.2, 0.25) is 0 Å². The Labute approximate surface area is 125 Å². The van der Waals surface area contributed by atoms with Crippen LogP contribution in [0.2, 0.25) is 0 Å².